The molecule has 1 aromatic heterocycles. The number of aliphatic hydroxyl groups excluding tert-OH is 3. The summed E-state index contributed by atoms with van der Waals surface area (Å²) in [5, 5.41) is 59.1. The number of ketones is 1. The van der Waals surface area contributed by atoms with Crippen molar-refractivity contribution in [1.29, 1.82) is 0 Å². The van der Waals surface area contributed by atoms with Gasteiger partial charge in [0.25, 0.3) is 23.8 Å². The molecule has 2 heterocycles. The molecule has 1 fully saturated rings. The van der Waals surface area contributed by atoms with Gasteiger partial charge in [-0.25, -0.2) is 0 Å². The Balaban J connectivity index is 0.00000182. The number of unbranched alkanes of at least 4 members (excludes halogenated alkanes) is 1. The van der Waals surface area contributed by atoms with Crippen LogP contribution in [0.25, 0.3) is 10.9 Å². The Morgan fingerprint density at radius 1 is 0.753 bits per heavy atom. The van der Waals surface area contributed by atoms with E-state index in [1.54, 1.807) is 60.8 Å². The number of aliphatic hydroxyl groups is 3. The van der Waals surface area contributed by atoms with Crippen LogP contribution in [0, 0.1) is 5.92 Å². The third-order valence-corrected chi connectivity index (χ3v) is 13.9. The number of fused-ring (bicyclic) bond motifs is 1. The lowest BCUT2D eigenvalue weighted by atomic mass is 9.88. The molecule has 8 unspecified atom stereocenters. The van der Waals surface area contributed by atoms with E-state index in [0.29, 0.717) is 17.5 Å². The van der Waals surface area contributed by atoms with E-state index in [1.807, 2.05) is 30.3 Å². The van der Waals surface area contributed by atoms with Crippen LogP contribution in [0.3, 0.4) is 0 Å². The maximum absolute atomic E-state index is 15.0. The number of carbonyl (C=O) groups excluding carboxylic acids is 7. The minimum atomic E-state index is -1.74. The molecule has 420 valence electrons. The van der Waals surface area contributed by atoms with Gasteiger partial charge in [-0.3, -0.25) is 48.6 Å². The standard InChI is InChI=1S/C47H62N10O10S2.2C2H4O2/c1-27(59)39-45(66)53-38(44(65)56-57(26-58)28(2)60)25-68-69-47(55-42(63)34(49)21-29-13-5-3-6-14-29)46(67)52-37(22-30-15-7-4-8-16-30)43(64)51-36(23-31-24-50-35-19-10-9-17-32(31)35)40(61)33(41(62)54-39)18-11-12-20-48;2*1-2(3)4/h3-10,13-17,19,24,27-28,33-34,36-39,47,50,58-60H,11-12,18,20-23,25-26,48-49H2,1-2H3,(H,51,64)(H,52,67)(H,53,66)(H,54,62)(H,55,63)(H,56,65);2*1H3,(H,3,4)/t27?,28-,33?,34?,36?,37?,38?,39?,47?;;/m1../s1. The Hall–Kier alpha value is -6.91. The first kappa shape index (κ1) is 64.4. The van der Waals surface area contributed by atoms with Crippen molar-refractivity contribution in [3.63, 3.8) is 0 Å². The number of H-pyrrole nitrogens is 1. The van der Waals surface area contributed by atoms with E-state index in [9.17, 15) is 44.1 Å². The molecule has 6 amide bonds. The SMILES string of the molecule is CC(=O)O.CC(=O)O.CC(O)C1NC(=O)C(CCCCN)C(=O)C(Cc2c[nH]c3ccccc23)NC(=O)C(Cc2ccccc2)NC(=O)C(NC(=O)C(N)Cc2ccccc2)SSCC(C(=O)NN(CO)[C@@H](C)O)NC1=O. The molecule has 0 radical (unpaired) electrons. The number of aromatic nitrogens is 1. The van der Waals surface area contributed by atoms with Gasteiger partial charge in [0.2, 0.25) is 23.6 Å². The van der Waals surface area contributed by atoms with Gasteiger partial charge in [-0.2, -0.15) is 5.01 Å². The van der Waals surface area contributed by atoms with Crippen molar-refractivity contribution >= 4 is 85.7 Å². The van der Waals surface area contributed by atoms with Crippen LogP contribution < -0.4 is 43.5 Å². The zero-order valence-electron chi connectivity index (χ0n) is 43.0. The van der Waals surface area contributed by atoms with E-state index in [-0.39, 0.29) is 44.4 Å². The number of carboxylic acids is 2. The average Bonchev–Trinajstić information content (AvgIpc) is 3.79. The van der Waals surface area contributed by atoms with Gasteiger partial charge in [0, 0.05) is 49.5 Å². The minimum absolute atomic E-state index is 0.0660. The van der Waals surface area contributed by atoms with Crippen LogP contribution in [0.4, 0.5) is 0 Å². The second kappa shape index (κ2) is 33.3. The van der Waals surface area contributed by atoms with Crippen molar-refractivity contribution < 1.29 is 68.7 Å². The number of carbonyl (C=O) groups is 9. The molecule has 1 aliphatic rings. The highest BCUT2D eigenvalue weighted by molar-refractivity contribution is 8.77. The van der Waals surface area contributed by atoms with Gasteiger partial charge < -0.3 is 68.6 Å². The molecular formula is C51H70N10O14S2. The maximum Gasteiger partial charge on any atom is 0.300 e. The predicted octanol–water partition coefficient (Wildman–Crippen LogP) is -0.202. The predicted molar refractivity (Wildman–Crippen MR) is 288 cm³/mol. The van der Waals surface area contributed by atoms with Crippen LogP contribution in [0.1, 0.15) is 63.6 Å². The molecule has 26 heteroatoms. The van der Waals surface area contributed by atoms with Crippen molar-refractivity contribution in [1.82, 2.24) is 42.0 Å². The summed E-state index contributed by atoms with van der Waals surface area (Å²) in [7, 11) is 1.62. The smallest absolute Gasteiger partial charge is 0.300 e. The number of benzene rings is 3. The van der Waals surface area contributed by atoms with Gasteiger partial charge in [0.15, 0.2) is 11.2 Å². The number of hydrogen-bond donors (Lipinski definition) is 14. The van der Waals surface area contributed by atoms with E-state index >= 15 is 4.79 Å². The molecule has 0 saturated carbocycles. The summed E-state index contributed by atoms with van der Waals surface area (Å²) in [6.45, 7) is 4.05. The summed E-state index contributed by atoms with van der Waals surface area (Å²) in [5.74, 6) is -9.57. The van der Waals surface area contributed by atoms with Crippen LogP contribution in [0.2, 0.25) is 0 Å². The second-order valence-electron chi connectivity index (χ2n) is 17.7. The molecule has 0 bridgehead atoms. The fraction of sp³-hybridized carbons (Fsp3) is 0.431. The highest BCUT2D eigenvalue weighted by Crippen LogP contribution is 2.28. The number of aromatic amines is 1. The Morgan fingerprint density at radius 2 is 1.34 bits per heavy atom. The van der Waals surface area contributed by atoms with Crippen molar-refractivity contribution in [2.75, 3.05) is 19.0 Å². The fourth-order valence-electron chi connectivity index (χ4n) is 7.54. The normalized spacial score (nSPS) is 20.8. The molecule has 0 aliphatic carbocycles. The van der Waals surface area contributed by atoms with Gasteiger partial charge in [0.1, 0.15) is 31.1 Å². The summed E-state index contributed by atoms with van der Waals surface area (Å²) in [4.78, 5) is 121. The van der Waals surface area contributed by atoms with Crippen LogP contribution in [0.5, 0.6) is 0 Å². The quantitative estimate of drug-likeness (QED) is 0.0214. The highest BCUT2D eigenvalue weighted by Gasteiger charge is 2.39. The molecule has 16 N–H and O–H groups in total. The number of hydrogen-bond acceptors (Lipinski definition) is 17. The van der Waals surface area contributed by atoms with E-state index in [2.05, 4.69) is 37.0 Å². The lowest BCUT2D eigenvalue weighted by Gasteiger charge is -2.30. The lowest BCUT2D eigenvalue weighted by molar-refractivity contribution is -0.142. The molecular weight excluding hydrogens is 1040 g/mol. The van der Waals surface area contributed by atoms with Gasteiger partial charge in [-0.1, -0.05) is 107 Å². The molecule has 4 aromatic rings. The first-order valence-corrected chi connectivity index (χ1v) is 26.8. The number of amides is 6. The summed E-state index contributed by atoms with van der Waals surface area (Å²) < 4.78 is 0. The molecule has 1 aliphatic heterocycles. The number of nitrogens with two attached hydrogens (primary N) is 2. The fourth-order valence-corrected chi connectivity index (χ4v) is 9.90. The summed E-state index contributed by atoms with van der Waals surface area (Å²) in [5.41, 5.74) is 17.2. The minimum Gasteiger partial charge on any atom is -0.481 e. The van der Waals surface area contributed by atoms with Gasteiger partial charge >= 0.3 is 0 Å². The zero-order valence-corrected chi connectivity index (χ0v) is 44.7. The Morgan fingerprint density at radius 3 is 1.92 bits per heavy atom. The number of carboxylic acid groups (broad SMARTS) is 2. The number of aliphatic carboxylic acids is 2. The topological polar surface area (TPSA) is 398 Å². The van der Waals surface area contributed by atoms with Crippen LogP contribution in [0.15, 0.2) is 91.1 Å². The molecule has 24 nitrogen and oxygen atoms in total. The van der Waals surface area contributed by atoms with Crippen LogP contribution in [-0.2, 0) is 62.4 Å². The Labute approximate surface area is 453 Å². The largest absolute Gasteiger partial charge is 0.481 e. The zero-order chi connectivity index (χ0) is 57.2. The Bertz CT molecular complexity index is 2560. The van der Waals surface area contributed by atoms with E-state index < -0.39 is 114 Å². The summed E-state index contributed by atoms with van der Waals surface area (Å²) in [6, 6.07) is 17.9. The molecule has 5 rings (SSSR count). The number of nitrogens with one attached hydrogen (secondary N) is 7. The van der Waals surface area contributed by atoms with Gasteiger partial charge in [-0.05, 0) is 62.4 Å². The number of rotatable bonds is 17. The molecule has 1 saturated heterocycles. The number of para-hydroxylation sites is 1. The first-order valence-electron chi connectivity index (χ1n) is 24.4. The third kappa shape index (κ3) is 22.3. The maximum atomic E-state index is 15.0. The average molecular weight is 1110 g/mol. The van der Waals surface area contributed by atoms with Gasteiger partial charge in [-0.15, -0.1) is 0 Å². The van der Waals surface area contributed by atoms with Crippen molar-refractivity contribution in [3.8, 4) is 0 Å². The first-order chi connectivity index (χ1) is 36.6. The molecule has 0 spiro atoms. The number of nitrogens with zero attached hydrogens (tertiary/aromatic N) is 1. The van der Waals surface area contributed by atoms with E-state index in [1.165, 1.54) is 13.8 Å². The summed E-state index contributed by atoms with van der Waals surface area (Å²) in [6.07, 6.45) is -0.724. The van der Waals surface area contributed by atoms with Crippen molar-refractivity contribution in [3.05, 3.63) is 108 Å². The molecule has 3 aromatic carbocycles. The Kier molecular flexibility index (Phi) is 27.8. The van der Waals surface area contributed by atoms with E-state index in [4.69, 9.17) is 31.3 Å². The van der Waals surface area contributed by atoms with Crippen LogP contribution in [-0.4, -0.2) is 156 Å². The number of Topliss-reactive ketones (excluding diaryl/α,β-unsaturated/α-hetero) is 1. The molecule has 77 heavy (non-hydrogen) atoms. The monoisotopic (exact) mass is 1110 g/mol. The highest BCUT2D eigenvalue weighted by atomic mass is 33.1. The van der Waals surface area contributed by atoms with Crippen molar-refractivity contribution in [2.24, 2.45) is 17.4 Å². The number of hydrazine groups is 1. The second-order valence-corrected chi connectivity index (χ2v) is 20.2. The van der Waals surface area contributed by atoms with E-state index in [0.717, 1.165) is 56.9 Å². The third-order valence-electron chi connectivity index (χ3n) is 11.4. The van der Waals surface area contributed by atoms with Gasteiger partial charge in [0.05, 0.1) is 24.1 Å². The van der Waals surface area contributed by atoms with Crippen molar-refractivity contribution in [2.45, 2.75) is 114 Å². The summed E-state index contributed by atoms with van der Waals surface area (Å²) >= 11 is 0. The van der Waals surface area contributed by atoms with Crippen LogP contribution >= 0.6 is 21.6 Å². The lowest BCUT2D eigenvalue weighted by Crippen LogP contribution is -2.61. The molecule has 9 atom stereocenters.